The molecular formula is C17H27N. The van der Waals surface area contributed by atoms with Gasteiger partial charge in [0.15, 0.2) is 0 Å². The Morgan fingerprint density at radius 2 is 2.00 bits per heavy atom. The van der Waals surface area contributed by atoms with Crippen LogP contribution in [-0.4, -0.2) is 24.5 Å². The zero-order valence-corrected chi connectivity index (χ0v) is 11.9. The predicted molar refractivity (Wildman–Crippen MR) is 79.6 cm³/mol. The quantitative estimate of drug-likeness (QED) is 0.718. The van der Waals surface area contributed by atoms with Gasteiger partial charge in [0.05, 0.1) is 0 Å². The SMILES string of the molecule is CCC(C)C1C=CC=C(CN2CCCCC2)C=C1. The molecule has 1 heteroatoms. The number of allylic oxidation sites excluding steroid dienone is 4. The fourth-order valence-corrected chi connectivity index (χ4v) is 2.79. The fraction of sp³-hybridized carbons (Fsp3) is 0.647. The van der Waals surface area contributed by atoms with Crippen LogP contribution < -0.4 is 0 Å². The summed E-state index contributed by atoms with van der Waals surface area (Å²) in [6.45, 7) is 8.32. The lowest BCUT2D eigenvalue weighted by Crippen LogP contribution is -2.31. The molecule has 0 amide bonds. The highest BCUT2D eigenvalue weighted by atomic mass is 15.1. The smallest absolute Gasteiger partial charge is 0.0233 e. The molecule has 2 atom stereocenters. The normalized spacial score (nSPS) is 26.8. The van der Waals surface area contributed by atoms with Gasteiger partial charge in [-0.05, 0) is 43.3 Å². The third kappa shape index (κ3) is 3.84. The van der Waals surface area contributed by atoms with Crippen molar-refractivity contribution in [3.05, 3.63) is 36.0 Å². The highest BCUT2D eigenvalue weighted by molar-refractivity contribution is 5.30. The molecule has 2 rings (SSSR count). The lowest BCUT2D eigenvalue weighted by molar-refractivity contribution is 0.248. The van der Waals surface area contributed by atoms with E-state index in [-0.39, 0.29) is 0 Å². The van der Waals surface area contributed by atoms with E-state index in [0.717, 1.165) is 12.5 Å². The molecule has 0 saturated carbocycles. The standard InChI is InChI=1S/C17H27N/c1-3-15(2)17-9-7-8-16(10-11-17)14-18-12-5-4-6-13-18/h7-11,15,17H,3-6,12-14H2,1-2H3. The second kappa shape index (κ2) is 6.94. The molecule has 18 heavy (non-hydrogen) atoms. The van der Waals surface area contributed by atoms with Crippen molar-refractivity contribution in [1.29, 1.82) is 0 Å². The molecule has 1 heterocycles. The summed E-state index contributed by atoms with van der Waals surface area (Å²) >= 11 is 0. The zero-order chi connectivity index (χ0) is 12.8. The van der Waals surface area contributed by atoms with Crippen LogP contribution in [0.2, 0.25) is 0 Å². The average Bonchev–Trinajstić information content (AvgIpc) is 2.65. The van der Waals surface area contributed by atoms with Gasteiger partial charge in [0, 0.05) is 6.54 Å². The number of rotatable bonds is 4. The maximum atomic E-state index is 2.59. The highest BCUT2D eigenvalue weighted by Gasteiger charge is 2.13. The number of hydrogen-bond donors (Lipinski definition) is 0. The van der Waals surface area contributed by atoms with Gasteiger partial charge >= 0.3 is 0 Å². The summed E-state index contributed by atoms with van der Waals surface area (Å²) in [5, 5.41) is 0. The van der Waals surface area contributed by atoms with E-state index in [1.54, 1.807) is 0 Å². The van der Waals surface area contributed by atoms with E-state index in [0.29, 0.717) is 5.92 Å². The molecule has 0 bridgehead atoms. The van der Waals surface area contributed by atoms with E-state index in [1.807, 2.05) is 0 Å². The van der Waals surface area contributed by atoms with Gasteiger partial charge < -0.3 is 0 Å². The van der Waals surface area contributed by atoms with Crippen LogP contribution in [0.25, 0.3) is 0 Å². The van der Waals surface area contributed by atoms with Crippen LogP contribution in [0.1, 0.15) is 39.5 Å². The summed E-state index contributed by atoms with van der Waals surface area (Å²) in [5.41, 5.74) is 1.47. The molecule has 2 aliphatic rings. The minimum atomic E-state index is 0.616. The maximum Gasteiger partial charge on any atom is 0.0233 e. The van der Waals surface area contributed by atoms with Crippen molar-refractivity contribution in [2.75, 3.05) is 19.6 Å². The molecule has 100 valence electrons. The van der Waals surface area contributed by atoms with Crippen molar-refractivity contribution in [2.24, 2.45) is 11.8 Å². The van der Waals surface area contributed by atoms with Gasteiger partial charge in [-0.3, -0.25) is 4.90 Å². The van der Waals surface area contributed by atoms with Crippen molar-refractivity contribution >= 4 is 0 Å². The van der Waals surface area contributed by atoms with Crippen LogP contribution in [0.5, 0.6) is 0 Å². The van der Waals surface area contributed by atoms with Gasteiger partial charge in [-0.25, -0.2) is 0 Å². The Balaban J connectivity index is 1.90. The summed E-state index contributed by atoms with van der Waals surface area (Å²) in [6.07, 6.45) is 17.1. The summed E-state index contributed by atoms with van der Waals surface area (Å²) in [5.74, 6) is 1.37. The molecule has 0 aromatic carbocycles. The van der Waals surface area contributed by atoms with Gasteiger partial charge in [-0.1, -0.05) is 57.1 Å². The second-order valence-corrected chi connectivity index (χ2v) is 5.79. The van der Waals surface area contributed by atoms with Gasteiger partial charge in [-0.2, -0.15) is 0 Å². The first-order chi connectivity index (χ1) is 8.79. The summed E-state index contributed by atoms with van der Waals surface area (Å²) in [7, 11) is 0. The Bertz CT molecular complexity index is 332. The molecule has 1 saturated heterocycles. The average molecular weight is 245 g/mol. The van der Waals surface area contributed by atoms with E-state index >= 15 is 0 Å². The summed E-state index contributed by atoms with van der Waals surface area (Å²) < 4.78 is 0. The molecule has 0 N–H and O–H groups in total. The lowest BCUT2D eigenvalue weighted by atomic mass is 9.91. The van der Waals surface area contributed by atoms with E-state index in [1.165, 1.54) is 44.3 Å². The molecule has 1 fully saturated rings. The first kappa shape index (κ1) is 13.6. The summed E-state index contributed by atoms with van der Waals surface area (Å²) in [6, 6.07) is 0. The van der Waals surface area contributed by atoms with Crippen molar-refractivity contribution in [2.45, 2.75) is 39.5 Å². The van der Waals surface area contributed by atoms with E-state index in [4.69, 9.17) is 0 Å². The van der Waals surface area contributed by atoms with Crippen LogP contribution in [-0.2, 0) is 0 Å². The fourth-order valence-electron chi connectivity index (χ4n) is 2.79. The maximum absolute atomic E-state index is 2.59. The largest absolute Gasteiger partial charge is 0.299 e. The predicted octanol–water partition coefficient (Wildman–Crippen LogP) is 4.19. The number of hydrogen-bond acceptors (Lipinski definition) is 1. The number of nitrogens with zero attached hydrogens (tertiary/aromatic N) is 1. The Kier molecular flexibility index (Phi) is 5.25. The zero-order valence-electron chi connectivity index (χ0n) is 11.9. The van der Waals surface area contributed by atoms with Gasteiger partial charge in [0.2, 0.25) is 0 Å². The molecular weight excluding hydrogens is 218 g/mol. The van der Waals surface area contributed by atoms with Crippen molar-refractivity contribution in [3.8, 4) is 0 Å². The molecule has 0 aromatic heterocycles. The van der Waals surface area contributed by atoms with Gasteiger partial charge in [0.25, 0.3) is 0 Å². The van der Waals surface area contributed by atoms with E-state index in [2.05, 4.69) is 49.1 Å². The Morgan fingerprint density at radius 1 is 1.22 bits per heavy atom. The van der Waals surface area contributed by atoms with Crippen molar-refractivity contribution in [3.63, 3.8) is 0 Å². The van der Waals surface area contributed by atoms with Crippen molar-refractivity contribution in [1.82, 2.24) is 4.90 Å². The molecule has 0 radical (unpaired) electrons. The lowest BCUT2D eigenvalue weighted by Gasteiger charge is -2.26. The molecule has 0 spiro atoms. The molecule has 1 nitrogen and oxygen atoms in total. The van der Waals surface area contributed by atoms with Crippen molar-refractivity contribution < 1.29 is 0 Å². The van der Waals surface area contributed by atoms with Gasteiger partial charge in [-0.15, -0.1) is 0 Å². The topological polar surface area (TPSA) is 3.24 Å². The number of likely N-dealkylation sites (tertiary alicyclic amines) is 1. The van der Waals surface area contributed by atoms with Crippen LogP contribution in [0.15, 0.2) is 36.0 Å². The first-order valence-electron chi connectivity index (χ1n) is 7.57. The van der Waals surface area contributed by atoms with E-state index < -0.39 is 0 Å². The van der Waals surface area contributed by atoms with E-state index in [9.17, 15) is 0 Å². The van der Waals surface area contributed by atoms with Crippen LogP contribution in [0, 0.1) is 11.8 Å². The Hall–Kier alpha value is -0.820. The minimum Gasteiger partial charge on any atom is -0.299 e. The highest BCUT2D eigenvalue weighted by Crippen LogP contribution is 2.22. The Morgan fingerprint density at radius 3 is 2.72 bits per heavy atom. The Labute approximate surface area is 112 Å². The molecule has 2 unspecified atom stereocenters. The van der Waals surface area contributed by atoms with Crippen LogP contribution in [0.4, 0.5) is 0 Å². The number of piperidine rings is 1. The third-order valence-corrected chi connectivity index (χ3v) is 4.33. The molecule has 1 aliphatic carbocycles. The first-order valence-corrected chi connectivity index (χ1v) is 7.57. The molecule has 0 aromatic rings. The van der Waals surface area contributed by atoms with Crippen LogP contribution >= 0.6 is 0 Å². The second-order valence-electron chi connectivity index (χ2n) is 5.79. The molecule has 1 aliphatic heterocycles. The summed E-state index contributed by atoms with van der Waals surface area (Å²) in [4.78, 5) is 2.59. The van der Waals surface area contributed by atoms with Gasteiger partial charge in [0.1, 0.15) is 0 Å². The van der Waals surface area contributed by atoms with Crippen LogP contribution in [0.3, 0.4) is 0 Å². The third-order valence-electron chi connectivity index (χ3n) is 4.33. The minimum absolute atomic E-state index is 0.616. The monoisotopic (exact) mass is 245 g/mol.